The number of rotatable bonds is 8. The highest BCUT2D eigenvalue weighted by molar-refractivity contribution is 6.30. The monoisotopic (exact) mass is 392 g/mol. The van der Waals surface area contributed by atoms with E-state index in [-0.39, 0.29) is 35.5 Å². The molecule has 142 valence electrons. The van der Waals surface area contributed by atoms with Gasteiger partial charge in [0.1, 0.15) is 11.6 Å². The molecule has 2 N–H and O–H groups in total. The number of halogens is 2. The lowest BCUT2D eigenvalue weighted by Gasteiger charge is -2.10. The lowest BCUT2D eigenvalue weighted by molar-refractivity contribution is -0.122. The quantitative estimate of drug-likeness (QED) is 0.719. The van der Waals surface area contributed by atoms with Crippen molar-refractivity contribution in [3.63, 3.8) is 0 Å². The standard InChI is InChI=1S/C18H18ClFN4O3/c1-11(7-8-21-18(26)16-6-3-12(2)23-24-16)22-17(25)10-27-13-4-5-14(19)15(20)9-13/h3-6,9H,1,7-8,10H2,2H3,(H,21,26)(H,22,25). The van der Waals surface area contributed by atoms with Gasteiger partial charge < -0.3 is 15.4 Å². The van der Waals surface area contributed by atoms with E-state index in [2.05, 4.69) is 27.4 Å². The molecule has 0 saturated heterocycles. The first-order valence-electron chi connectivity index (χ1n) is 7.99. The minimum atomic E-state index is -0.631. The number of ether oxygens (including phenoxy) is 1. The fourth-order valence-corrected chi connectivity index (χ4v) is 2.07. The van der Waals surface area contributed by atoms with E-state index in [1.165, 1.54) is 12.1 Å². The Morgan fingerprint density at radius 1 is 1.26 bits per heavy atom. The maximum absolute atomic E-state index is 13.3. The Balaban J connectivity index is 1.68. The van der Waals surface area contributed by atoms with Gasteiger partial charge in [-0.1, -0.05) is 18.2 Å². The van der Waals surface area contributed by atoms with Gasteiger partial charge in [-0.3, -0.25) is 9.59 Å². The second-order valence-corrected chi connectivity index (χ2v) is 5.99. The van der Waals surface area contributed by atoms with Crippen LogP contribution in [0.25, 0.3) is 0 Å². The highest BCUT2D eigenvalue weighted by atomic mass is 35.5. The summed E-state index contributed by atoms with van der Waals surface area (Å²) in [5, 5.41) is 12.8. The van der Waals surface area contributed by atoms with Crippen LogP contribution in [-0.2, 0) is 4.79 Å². The normalized spacial score (nSPS) is 10.2. The van der Waals surface area contributed by atoms with Crippen LogP contribution in [0.1, 0.15) is 22.6 Å². The third-order valence-corrected chi connectivity index (χ3v) is 3.63. The van der Waals surface area contributed by atoms with Gasteiger partial charge in [-0.05, 0) is 31.2 Å². The molecule has 0 atom stereocenters. The van der Waals surface area contributed by atoms with Crippen molar-refractivity contribution in [3.8, 4) is 5.75 Å². The van der Waals surface area contributed by atoms with Crippen molar-refractivity contribution in [2.45, 2.75) is 13.3 Å². The Hall–Kier alpha value is -3.00. The Kier molecular flexibility index (Phi) is 7.25. The van der Waals surface area contributed by atoms with Crippen LogP contribution >= 0.6 is 11.6 Å². The van der Waals surface area contributed by atoms with Crippen molar-refractivity contribution >= 4 is 23.4 Å². The van der Waals surface area contributed by atoms with Crippen molar-refractivity contribution in [2.75, 3.05) is 13.2 Å². The van der Waals surface area contributed by atoms with Crippen LogP contribution in [0.15, 0.2) is 42.6 Å². The Morgan fingerprint density at radius 3 is 2.70 bits per heavy atom. The van der Waals surface area contributed by atoms with Crippen LogP contribution in [0.2, 0.25) is 5.02 Å². The fourth-order valence-electron chi connectivity index (χ4n) is 1.95. The number of nitrogens with one attached hydrogen (secondary N) is 2. The topological polar surface area (TPSA) is 93.2 Å². The maximum Gasteiger partial charge on any atom is 0.271 e. The molecule has 2 rings (SSSR count). The summed E-state index contributed by atoms with van der Waals surface area (Å²) in [4.78, 5) is 23.7. The summed E-state index contributed by atoms with van der Waals surface area (Å²) in [6.07, 6.45) is 0.326. The van der Waals surface area contributed by atoms with Crippen LogP contribution in [-0.4, -0.2) is 35.2 Å². The summed E-state index contributed by atoms with van der Waals surface area (Å²) in [7, 11) is 0. The van der Waals surface area contributed by atoms with Crippen molar-refractivity contribution in [3.05, 3.63) is 64.8 Å². The number of benzene rings is 1. The summed E-state index contributed by atoms with van der Waals surface area (Å²) in [6, 6.07) is 7.15. The third kappa shape index (κ3) is 6.67. The average Bonchev–Trinajstić information content (AvgIpc) is 2.63. The van der Waals surface area contributed by atoms with Crippen molar-refractivity contribution in [1.82, 2.24) is 20.8 Å². The Labute approximate surface area is 160 Å². The van der Waals surface area contributed by atoms with Crippen molar-refractivity contribution in [2.24, 2.45) is 0 Å². The number of aryl methyl sites for hydroxylation is 1. The lowest BCUT2D eigenvalue weighted by Crippen LogP contribution is -2.31. The fraction of sp³-hybridized carbons (Fsp3) is 0.222. The number of hydrogen-bond donors (Lipinski definition) is 2. The number of carbonyl (C=O) groups is 2. The van der Waals surface area contributed by atoms with E-state index in [4.69, 9.17) is 16.3 Å². The van der Waals surface area contributed by atoms with Crippen LogP contribution in [0.5, 0.6) is 5.75 Å². The highest BCUT2D eigenvalue weighted by Crippen LogP contribution is 2.20. The van der Waals surface area contributed by atoms with Gasteiger partial charge in [0, 0.05) is 24.7 Å². The first-order valence-corrected chi connectivity index (χ1v) is 8.37. The van der Waals surface area contributed by atoms with Gasteiger partial charge >= 0.3 is 0 Å². The van der Waals surface area contributed by atoms with E-state index < -0.39 is 11.7 Å². The summed E-state index contributed by atoms with van der Waals surface area (Å²) in [5.74, 6) is -1.27. The summed E-state index contributed by atoms with van der Waals surface area (Å²) < 4.78 is 18.5. The predicted molar refractivity (Wildman–Crippen MR) is 97.9 cm³/mol. The second-order valence-electron chi connectivity index (χ2n) is 5.58. The van der Waals surface area contributed by atoms with Crippen molar-refractivity contribution in [1.29, 1.82) is 0 Å². The zero-order valence-electron chi connectivity index (χ0n) is 14.6. The zero-order valence-corrected chi connectivity index (χ0v) is 15.3. The highest BCUT2D eigenvalue weighted by Gasteiger charge is 2.09. The van der Waals surface area contributed by atoms with Gasteiger partial charge in [0.05, 0.1) is 10.7 Å². The largest absolute Gasteiger partial charge is 0.484 e. The molecule has 0 unspecified atom stereocenters. The summed E-state index contributed by atoms with van der Waals surface area (Å²) >= 11 is 5.57. The number of amides is 2. The second kappa shape index (κ2) is 9.63. The van der Waals surface area contributed by atoms with E-state index in [1.807, 2.05) is 0 Å². The van der Waals surface area contributed by atoms with Gasteiger partial charge in [-0.25, -0.2) is 4.39 Å². The van der Waals surface area contributed by atoms with E-state index in [9.17, 15) is 14.0 Å². The molecular formula is C18H18ClFN4O3. The molecule has 9 heteroatoms. The van der Waals surface area contributed by atoms with Crippen molar-refractivity contribution < 1.29 is 18.7 Å². The molecule has 2 amide bonds. The van der Waals surface area contributed by atoms with E-state index in [0.717, 1.165) is 6.07 Å². The summed E-state index contributed by atoms with van der Waals surface area (Å²) in [6.45, 7) is 5.43. The molecule has 0 fully saturated rings. The van der Waals surface area contributed by atoms with Gasteiger partial charge in [0.2, 0.25) is 0 Å². The molecule has 0 spiro atoms. The number of nitrogens with zero attached hydrogens (tertiary/aromatic N) is 2. The van der Waals surface area contributed by atoms with Crippen LogP contribution in [0, 0.1) is 12.7 Å². The minimum absolute atomic E-state index is 0.0288. The van der Waals surface area contributed by atoms with Crippen LogP contribution in [0.3, 0.4) is 0 Å². The molecular weight excluding hydrogens is 375 g/mol. The predicted octanol–water partition coefficient (Wildman–Crippen LogP) is 2.41. The first-order chi connectivity index (χ1) is 12.8. The number of carbonyl (C=O) groups excluding carboxylic acids is 2. The van der Waals surface area contributed by atoms with E-state index >= 15 is 0 Å². The van der Waals surface area contributed by atoms with E-state index in [1.54, 1.807) is 19.1 Å². The molecule has 0 saturated carbocycles. The number of aromatic nitrogens is 2. The van der Waals surface area contributed by atoms with Crippen LogP contribution in [0.4, 0.5) is 4.39 Å². The molecule has 27 heavy (non-hydrogen) atoms. The summed E-state index contributed by atoms with van der Waals surface area (Å²) in [5.41, 5.74) is 1.33. The molecule has 7 nitrogen and oxygen atoms in total. The minimum Gasteiger partial charge on any atom is -0.484 e. The smallest absolute Gasteiger partial charge is 0.271 e. The molecule has 0 aliphatic rings. The van der Waals surface area contributed by atoms with Crippen LogP contribution < -0.4 is 15.4 Å². The van der Waals surface area contributed by atoms with Gasteiger partial charge in [-0.2, -0.15) is 5.10 Å². The maximum atomic E-state index is 13.3. The van der Waals surface area contributed by atoms with Gasteiger partial charge in [0.25, 0.3) is 11.8 Å². The molecule has 0 aliphatic carbocycles. The Bertz CT molecular complexity index is 843. The average molecular weight is 393 g/mol. The Morgan fingerprint density at radius 2 is 2.04 bits per heavy atom. The molecule has 1 heterocycles. The van der Waals surface area contributed by atoms with Gasteiger partial charge in [0.15, 0.2) is 12.3 Å². The zero-order chi connectivity index (χ0) is 19.8. The molecule has 0 bridgehead atoms. The molecule has 0 aliphatic heterocycles. The SMILES string of the molecule is C=C(CCNC(=O)c1ccc(C)nn1)NC(=O)COc1ccc(Cl)c(F)c1. The lowest BCUT2D eigenvalue weighted by atomic mass is 10.3. The molecule has 1 aromatic carbocycles. The van der Waals surface area contributed by atoms with E-state index in [0.29, 0.717) is 17.8 Å². The first kappa shape index (κ1) is 20.3. The molecule has 2 aromatic rings. The molecule has 1 aromatic heterocycles. The molecule has 0 radical (unpaired) electrons. The van der Waals surface area contributed by atoms with Gasteiger partial charge in [-0.15, -0.1) is 5.10 Å². The number of hydrogen-bond acceptors (Lipinski definition) is 5. The third-order valence-electron chi connectivity index (χ3n) is 3.32.